The van der Waals surface area contributed by atoms with Crippen LogP contribution in [0.15, 0.2) is 66.7 Å². The van der Waals surface area contributed by atoms with E-state index in [1.54, 1.807) is 19.2 Å². The summed E-state index contributed by atoms with van der Waals surface area (Å²) < 4.78 is 11.4. The van der Waals surface area contributed by atoms with Gasteiger partial charge in [0.15, 0.2) is 11.5 Å². The number of non-ortho nitro benzene ring substituents is 1. The minimum atomic E-state index is -0.404. The third-order valence-electron chi connectivity index (χ3n) is 4.78. The van der Waals surface area contributed by atoms with Gasteiger partial charge in [0.2, 0.25) is 0 Å². The highest BCUT2D eigenvalue weighted by Gasteiger charge is 2.07. The summed E-state index contributed by atoms with van der Waals surface area (Å²) in [6.45, 7) is 4.68. The number of rotatable bonds is 11. The number of aryl methyl sites for hydroxylation is 1. The van der Waals surface area contributed by atoms with Crippen LogP contribution in [0.2, 0.25) is 0 Å². The van der Waals surface area contributed by atoms with E-state index in [-0.39, 0.29) is 18.1 Å². The first-order chi connectivity index (χ1) is 15.0. The van der Waals surface area contributed by atoms with E-state index in [9.17, 15) is 10.1 Å². The molecule has 0 saturated carbocycles. The van der Waals surface area contributed by atoms with Crippen LogP contribution in [-0.4, -0.2) is 25.1 Å². The summed E-state index contributed by atoms with van der Waals surface area (Å²) in [5, 5.41) is 17.3. The minimum absolute atomic E-state index is 0. The Morgan fingerprint density at radius 1 is 0.906 bits per heavy atom. The number of nitro groups is 1. The Morgan fingerprint density at radius 3 is 2.25 bits per heavy atom. The largest absolute Gasteiger partial charge is 0.493 e. The minimum Gasteiger partial charge on any atom is -0.493 e. The molecule has 0 aliphatic rings. The second-order valence-electron chi connectivity index (χ2n) is 7.17. The van der Waals surface area contributed by atoms with Crippen LogP contribution in [0.4, 0.5) is 11.4 Å². The normalized spacial score (nSPS) is 10.2. The number of ether oxygens (including phenoxy) is 2. The number of nitro benzene ring substituents is 1. The SMILES string of the molecule is COc1cc(CNCCNc2ccc([N+](=O)[O-])cc2)ccc1OCc1ccc(C)cc1.Cl. The van der Waals surface area contributed by atoms with E-state index in [1.807, 2.05) is 18.2 Å². The molecular formula is C24H28ClN3O4. The highest BCUT2D eigenvalue weighted by molar-refractivity contribution is 5.85. The summed E-state index contributed by atoms with van der Waals surface area (Å²) in [5.74, 6) is 1.42. The first-order valence-electron chi connectivity index (χ1n) is 10.1. The number of halogens is 1. The molecule has 0 aliphatic heterocycles. The van der Waals surface area contributed by atoms with E-state index in [4.69, 9.17) is 9.47 Å². The maximum atomic E-state index is 10.7. The summed E-state index contributed by atoms with van der Waals surface area (Å²) >= 11 is 0. The van der Waals surface area contributed by atoms with Gasteiger partial charge in [-0.3, -0.25) is 10.1 Å². The molecule has 0 bridgehead atoms. The lowest BCUT2D eigenvalue weighted by Gasteiger charge is -2.13. The molecular weight excluding hydrogens is 430 g/mol. The first kappa shape index (κ1) is 25.0. The fourth-order valence-corrected chi connectivity index (χ4v) is 3.02. The Morgan fingerprint density at radius 2 is 1.59 bits per heavy atom. The molecule has 170 valence electrons. The van der Waals surface area contributed by atoms with Gasteiger partial charge >= 0.3 is 0 Å². The average molecular weight is 458 g/mol. The van der Waals surface area contributed by atoms with Crippen LogP contribution >= 0.6 is 12.4 Å². The number of nitrogens with zero attached hydrogens (tertiary/aromatic N) is 1. The molecule has 0 spiro atoms. The summed E-state index contributed by atoms with van der Waals surface area (Å²) in [7, 11) is 1.64. The zero-order valence-corrected chi connectivity index (χ0v) is 19.0. The molecule has 8 heteroatoms. The van der Waals surface area contributed by atoms with E-state index in [1.165, 1.54) is 17.7 Å². The van der Waals surface area contributed by atoms with Crippen molar-refractivity contribution in [1.29, 1.82) is 0 Å². The van der Waals surface area contributed by atoms with Crippen LogP contribution in [0.1, 0.15) is 16.7 Å². The maximum Gasteiger partial charge on any atom is 0.269 e. The van der Waals surface area contributed by atoms with Crippen LogP contribution < -0.4 is 20.1 Å². The molecule has 7 nitrogen and oxygen atoms in total. The summed E-state index contributed by atoms with van der Waals surface area (Å²) in [4.78, 5) is 10.3. The molecule has 2 N–H and O–H groups in total. The van der Waals surface area contributed by atoms with Gasteiger partial charge in [0.1, 0.15) is 6.61 Å². The van der Waals surface area contributed by atoms with Gasteiger partial charge in [-0.2, -0.15) is 0 Å². The van der Waals surface area contributed by atoms with Gasteiger partial charge in [-0.25, -0.2) is 0 Å². The predicted molar refractivity (Wildman–Crippen MR) is 129 cm³/mol. The monoisotopic (exact) mass is 457 g/mol. The zero-order chi connectivity index (χ0) is 22.1. The molecule has 0 aromatic heterocycles. The van der Waals surface area contributed by atoms with Crippen molar-refractivity contribution < 1.29 is 14.4 Å². The van der Waals surface area contributed by atoms with Crippen LogP contribution in [-0.2, 0) is 13.2 Å². The molecule has 3 aromatic carbocycles. The van der Waals surface area contributed by atoms with E-state index < -0.39 is 4.92 Å². The van der Waals surface area contributed by atoms with Crippen molar-refractivity contribution >= 4 is 23.8 Å². The predicted octanol–water partition coefficient (Wildman–Crippen LogP) is 5.11. The fourth-order valence-electron chi connectivity index (χ4n) is 3.02. The van der Waals surface area contributed by atoms with Crippen molar-refractivity contribution in [2.24, 2.45) is 0 Å². The van der Waals surface area contributed by atoms with Gasteiger partial charge in [-0.15, -0.1) is 12.4 Å². The topological polar surface area (TPSA) is 85.7 Å². The molecule has 0 heterocycles. The molecule has 32 heavy (non-hydrogen) atoms. The zero-order valence-electron chi connectivity index (χ0n) is 18.2. The third kappa shape index (κ3) is 7.44. The molecule has 0 unspecified atom stereocenters. The van der Waals surface area contributed by atoms with Crippen LogP contribution in [0, 0.1) is 17.0 Å². The van der Waals surface area contributed by atoms with Gasteiger partial charge in [-0.1, -0.05) is 35.9 Å². The van der Waals surface area contributed by atoms with Crippen molar-refractivity contribution in [2.75, 3.05) is 25.5 Å². The number of methoxy groups -OCH3 is 1. The molecule has 0 radical (unpaired) electrons. The van der Waals surface area contributed by atoms with E-state index in [2.05, 4.69) is 41.8 Å². The van der Waals surface area contributed by atoms with Crippen molar-refractivity contribution in [3.05, 3.63) is 93.5 Å². The molecule has 0 aliphatic carbocycles. The lowest BCUT2D eigenvalue weighted by Crippen LogP contribution is -2.21. The Bertz CT molecular complexity index is 995. The molecule has 3 aromatic rings. The summed E-state index contributed by atoms with van der Waals surface area (Å²) in [5.41, 5.74) is 4.36. The Labute approximate surface area is 194 Å². The van der Waals surface area contributed by atoms with Gasteiger partial charge in [0.05, 0.1) is 12.0 Å². The van der Waals surface area contributed by atoms with E-state index >= 15 is 0 Å². The molecule has 3 rings (SSSR count). The number of benzene rings is 3. The number of hydrogen-bond acceptors (Lipinski definition) is 6. The summed E-state index contributed by atoms with van der Waals surface area (Å²) in [6, 6.07) is 20.6. The van der Waals surface area contributed by atoms with Crippen molar-refractivity contribution in [3.63, 3.8) is 0 Å². The standard InChI is InChI=1S/C24H27N3O4.ClH/c1-18-3-5-19(6-4-18)17-31-23-12-7-20(15-24(23)30-2)16-25-13-14-26-21-8-10-22(11-9-21)27(28)29;/h3-12,15,25-26H,13-14,16-17H2,1-2H3;1H. The lowest BCUT2D eigenvalue weighted by atomic mass is 10.1. The Hall–Kier alpha value is -3.29. The number of hydrogen-bond donors (Lipinski definition) is 2. The number of anilines is 1. The average Bonchev–Trinajstić information content (AvgIpc) is 2.79. The highest BCUT2D eigenvalue weighted by atomic mass is 35.5. The van der Waals surface area contributed by atoms with Crippen LogP contribution in [0.3, 0.4) is 0 Å². The molecule has 0 saturated heterocycles. The lowest BCUT2D eigenvalue weighted by molar-refractivity contribution is -0.384. The quantitative estimate of drug-likeness (QED) is 0.236. The van der Waals surface area contributed by atoms with Gasteiger partial charge in [0, 0.05) is 37.5 Å². The van der Waals surface area contributed by atoms with Gasteiger partial charge in [-0.05, 0) is 42.3 Å². The van der Waals surface area contributed by atoms with Crippen molar-refractivity contribution in [1.82, 2.24) is 5.32 Å². The van der Waals surface area contributed by atoms with E-state index in [0.717, 1.165) is 23.4 Å². The smallest absolute Gasteiger partial charge is 0.269 e. The van der Waals surface area contributed by atoms with Crippen molar-refractivity contribution in [3.8, 4) is 11.5 Å². The Balaban J connectivity index is 0.00000363. The summed E-state index contributed by atoms with van der Waals surface area (Å²) in [6.07, 6.45) is 0. The van der Waals surface area contributed by atoms with Gasteiger partial charge < -0.3 is 20.1 Å². The molecule has 0 amide bonds. The highest BCUT2D eigenvalue weighted by Crippen LogP contribution is 2.29. The van der Waals surface area contributed by atoms with Crippen LogP contribution in [0.25, 0.3) is 0 Å². The van der Waals surface area contributed by atoms with E-state index in [0.29, 0.717) is 31.2 Å². The fraction of sp³-hybridized carbons (Fsp3) is 0.250. The first-order valence-corrected chi connectivity index (χ1v) is 10.1. The van der Waals surface area contributed by atoms with Crippen molar-refractivity contribution in [2.45, 2.75) is 20.1 Å². The second kappa shape index (κ2) is 12.5. The van der Waals surface area contributed by atoms with Crippen LogP contribution in [0.5, 0.6) is 11.5 Å². The molecule has 0 fully saturated rings. The maximum absolute atomic E-state index is 10.7. The van der Waals surface area contributed by atoms with Gasteiger partial charge in [0.25, 0.3) is 5.69 Å². The second-order valence-corrected chi connectivity index (χ2v) is 7.17. The number of nitrogens with one attached hydrogen (secondary N) is 2. The third-order valence-corrected chi connectivity index (χ3v) is 4.78. The molecule has 0 atom stereocenters. The Kier molecular flexibility index (Phi) is 9.78.